The van der Waals surface area contributed by atoms with Gasteiger partial charge in [-0.25, -0.2) is 0 Å². The highest BCUT2D eigenvalue weighted by Gasteiger charge is 2.18. The Morgan fingerprint density at radius 2 is 1.70 bits per heavy atom. The van der Waals surface area contributed by atoms with Crippen molar-refractivity contribution in [3.63, 3.8) is 0 Å². The molecule has 1 fully saturated rings. The van der Waals surface area contributed by atoms with Gasteiger partial charge < -0.3 is 20.3 Å². The Hall–Kier alpha value is -1.79. The van der Waals surface area contributed by atoms with Crippen molar-refractivity contribution in [2.45, 2.75) is 39.5 Å². The third-order valence-corrected chi connectivity index (χ3v) is 4.66. The number of rotatable bonds is 8. The van der Waals surface area contributed by atoms with E-state index in [1.807, 2.05) is 37.9 Å². The maximum atomic E-state index is 12.3. The van der Waals surface area contributed by atoms with Crippen molar-refractivity contribution in [1.29, 1.82) is 0 Å². The minimum atomic E-state index is -0.0803. The first kappa shape index (κ1) is 23.2. The van der Waals surface area contributed by atoms with Crippen LogP contribution in [0.3, 0.4) is 0 Å². The Balaban J connectivity index is 0.00000364. The van der Waals surface area contributed by atoms with Gasteiger partial charge in [-0.3, -0.25) is 9.59 Å². The highest BCUT2D eigenvalue weighted by atomic mass is 35.5. The van der Waals surface area contributed by atoms with Gasteiger partial charge in [-0.05, 0) is 76.4 Å². The van der Waals surface area contributed by atoms with Gasteiger partial charge in [0.2, 0.25) is 0 Å². The molecule has 1 saturated heterocycles. The van der Waals surface area contributed by atoms with Gasteiger partial charge in [0.25, 0.3) is 11.8 Å². The predicted octanol–water partition coefficient (Wildman–Crippen LogP) is 2.46. The molecule has 1 aromatic carbocycles. The number of amides is 2. The largest absolute Gasteiger partial charge is 0.483 e. The number of nitrogens with one attached hydrogen (secondary N) is 2. The molecule has 2 amide bonds. The number of likely N-dealkylation sites (tertiary alicyclic amines) is 1. The zero-order chi connectivity index (χ0) is 18.9. The van der Waals surface area contributed by atoms with Gasteiger partial charge >= 0.3 is 0 Å². The first-order chi connectivity index (χ1) is 12.5. The van der Waals surface area contributed by atoms with Crippen molar-refractivity contribution < 1.29 is 14.3 Å². The van der Waals surface area contributed by atoms with Gasteiger partial charge in [0.15, 0.2) is 6.61 Å². The fourth-order valence-corrected chi connectivity index (χ4v) is 3.25. The molecule has 0 aliphatic carbocycles. The molecular formula is C20H32ClN3O3. The quantitative estimate of drug-likeness (QED) is 0.661. The molecule has 7 heteroatoms. The summed E-state index contributed by atoms with van der Waals surface area (Å²) < 4.78 is 5.80. The van der Waals surface area contributed by atoms with Crippen LogP contribution in [0.15, 0.2) is 12.1 Å². The summed E-state index contributed by atoms with van der Waals surface area (Å²) in [6.45, 7) is 7.03. The molecule has 1 aromatic rings. The normalized spacial score (nSPS) is 13.7. The van der Waals surface area contributed by atoms with Gasteiger partial charge in [-0.1, -0.05) is 0 Å². The van der Waals surface area contributed by atoms with E-state index in [-0.39, 0.29) is 30.8 Å². The molecule has 0 saturated carbocycles. The van der Waals surface area contributed by atoms with E-state index in [4.69, 9.17) is 4.74 Å². The number of hydrogen-bond acceptors (Lipinski definition) is 4. The second-order valence-corrected chi connectivity index (χ2v) is 6.88. The lowest BCUT2D eigenvalue weighted by atomic mass is 10.0. The lowest BCUT2D eigenvalue weighted by molar-refractivity contribution is -0.134. The van der Waals surface area contributed by atoms with E-state index in [1.54, 1.807) is 0 Å². The summed E-state index contributed by atoms with van der Waals surface area (Å²) in [6.07, 6.45) is 4.23. The van der Waals surface area contributed by atoms with E-state index >= 15 is 0 Å². The molecule has 0 radical (unpaired) electrons. The number of piperidine rings is 1. The van der Waals surface area contributed by atoms with Crippen molar-refractivity contribution in [3.05, 3.63) is 28.8 Å². The molecule has 0 unspecified atom stereocenters. The molecule has 27 heavy (non-hydrogen) atoms. The van der Waals surface area contributed by atoms with E-state index < -0.39 is 0 Å². The van der Waals surface area contributed by atoms with Crippen LogP contribution in [0.25, 0.3) is 0 Å². The Kier molecular flexibility index (Phi) is 10.2. The van der Waals surface area contributed by atoms with Crippen LogP contribution in [0.2, 0.25) is 0 Å². The average Bonchev–Trinajstić information content (AvgIpc) is 2.64. The predicted molar refractivity (Wildman–Crippen MR) is 110 cm³/mol. The zero-order valence-corrected chi connectivity index (χ0v) is 17.4. The van der Waals surface area contributed by atoms with Crippen LogP contribution in [0, 0.1) is 13.8 Å². The molecule has 0 aromatic heterocycles. The highest BCUT2D eigenvalue weighted by molar-refractivity contribution is 5.94. The summed E-state index contributed by atoms with van der Waals surface area (Å²) in [6, 6.07) is 3.64. The Morgan fingerprint density at radius 3 is 2.30 bits per heavy atom. The summed E-state index contributed by atoms with van der Waals surface area (Å²) in [7, 11) is 1.89. The highest BCUT2D eigenvalue weighted by Crippen LogP contribution is 2.25. The number of ether oxygens (including phenoxy) is 1. The first-order valence-corrected chi connectivity index (χ1v) is 9.47. The van der Waals surface area contributed by atoms with Crippen LogP contribution in [0.4, 0.5) is 0 Å². The van der Waals surface area contributed by atoms with E-state index in [0.717, 1.165) is 50.0 Å². The monoisotopic (exact) mass is 397 g/mol. The third kappa shape index (κ3) is 7.03. The number of hydrogen-bond donors (Lipinski definition) is 2. The van der Waals surface area contributed by atoms with Crippen molar-refractivity contribution in [2.75, 3.05) is 39.8 Å². The molecule has 1 aliphatic heterocycles. The van der Waals surface area contributed by atoms with Crippen LogP contribution in [-0.4, -0.2) is 56.5 Å². The van der Waals surface area contributed by atoms with Crippen molar-refractivity contribution in [2.24, 2.45) is 0 Å². The van der Waals surface area contributed by atoms with E-state index in [1.165, 1.54) is 6.42 Å². The topological polar surface area (TPSA) is 70.7 Å². The van der Waals surface area contributed by atoms with Crippen molar-refractivity contribution in [1.82, 2.24) is 15.5 Å². The van der Waals surface area contributed by atoms with E-state index in [9.17, 15) is 9.59 Å². The Morgan fingerprint density at radius 1 is 1.07 bits per heavy atom. The van der Waals surface area contributed by atoms with Gasteiger partial charge in [0, 0.05) is 25.2 Å². The molecule has 152 valence electrons. The van der Waals surface area contributed by atoms with Crippen LogP contribution in [0.1, 0.15) is 47.2 Å². The summed E-state index contributed by atoms with van der Waals surface area (Å²) in [5.41, 5.74) is 2.37. The number of carbonyl (C=O) groups is 2. The second-order valence-electron chi connectivity index (χ2n) is 6.88. The SMILES string of the molecule is CNCCCNC(=O)c1cc(C)c(OCC(=O)N2CCCCC2)c(C)c1.Cl. The number of benzene rings is 1. The summed E-state index contributed by atoms with van der Waals surface area (Å²) >= 11 is 0. The van der Waals surface area contributed by atoms with Gasteiger partial charge in [-0.2, -0.15) is 0 Å². The zero-order valence-electron chi connectivity index (χ0n) is 16.6. The number of halogens is 1. The van der Waals surface area contributed by atoms with Crippen LogP contribution >= 0.6 is 12.4 Å². The summed E-state index contributed by atoms with van der Waals surface area (Å²) in [5.74, 6) is 0.653. The number of aryl methyl sites for hydroxylation is 2. The lowest BCUT2D eigenvalue weighted by Crippen LogP contribution is -2.38. The standard InChI is InChI=1S/C20H31N3O3.ClH/c1-15-12-17(20(25)22-9-7-8-21-3)13-16(2)19(15)26-14-18(24)23-10-5-4-6-11-23;/h12-13,21H,4-11,14H2,1-3H3,(H,22,25);1H. The summed E-state index contributed by atoms with van der Waals surface area (Å²) in [4.78, 5) is 26.4. The lowest BCUT2D eigenvalue weighted by Gasteiger charge is -2.26. The van der Waals surface area contributed by atoms with Gasteiger partial charge in [0.05, 0.1) is 0 Å². The molecule has 1 aliphatic rings. The molecule has 0 atom stereocenters. The van der Waals surface area contributed by atoms with Crippen LogP contribution in [-0.2, 0) is 4.79 Å². The number of carbonyl (C=O) groups excluding carboxylic acids is 2. The van der Waals surface area contributed by atoms with Gasteiger partial charge in [-0.15, -0.1) is 12.4 Å². The molecular weight excluding hydrogens is 366 g/mol. The van der Waals surface area contributed by atoms with Crippen LogP contribution in [0.5, 0.6) is 5.75 Å². The summed E-state index contributed by atoms with van der Waals surface area (Å²) in [5, 5.41) is 5.98. The van der Waals surface area contributed by atoms with Gasteiger partial charge in [0.1, 0.15) is 5.75 Å². The fourth-order valence-electron chi connectivity index (χ4n) is 3.25. The first-order valence-electron chi connectivity index (χ1n) is 9.47. The average molecular weight is 398 g/mol. The smallest absolute Gasteiger partial charge is 0.260 e. The Labute approximate surface area is 168 Å². The molecule has 2 rings (SSSR count). The second kappa shape index (κ2) is 11.8. The van der Waals surface area contributed by atoms with Crippen LogP contribution < -0.4 is 15.4 Å². The molecule has 2 N–H and O–H groups in total. The molecule has 0 spiro atoms. The number of nitrogens with zero attached hydrogens (tertiary/aromatic N) is 1. The van der Waals surface area contributed by atoms with E-state index in [2.05, 4.69) is 10.6 Å². The minimum absolute atomic E-state index is 0. The third-order valence-electron chi connectivity index (χ3n) is 4.66. The molecule has 6 nitrogen and oxygen atoms in total. The fraction of sp³-hybridized carbons (Fsp3) is 0.600. The Bertz CT molecular complexity index is 608. The van der Waals surface area contributed by atoms with Crippen molar-refractivity contribution >= 4 is 24.2 Å². The maximum absolute atomic E-state index is 12.3. The van der Waals surface area contributed by atoms with E-state index in [0.29, 0.717) is 17.9 Å². The minimum Gasteiger partial charge on any atom is -0.483 e. The maximum Gasteiger partial charge on any atom is 0.260 e. The molecule has 1 heterocycles. The van der Waals surface area contributed by atoms with Crippen molar-refractivity contribution in [3.8, 4) is 5.75 Å². The molecule has 0 bridgehead atoms.